The Balaban J connectivity index is 1.58. The van der Waals surface area contributed by atoms with Crippen molar-refractivity contribution >= 4 is 31.6 Å². The van der Waals surface area contributed by atoms with E-state index in [9.17, 15) is 22.1 Å². The van der Waals surface area contributed by atoms with Crippen molar-refractivity contribution in [3.05, 3.63) is 59.6 Å². The van der Waals surface area contributed by atoms with Crippen LogP contribution in [0.15, 0.2) is 54.0 Å². The Kier molecular flexibility index (Phi) is 5.95. The Hall–Kier alpha value is -2.84. The van der Waals surface area contributed by atoms with Crippen molar-refractivity contribution in [2.24, 2.45) is 0 Å². The smallest absolute Gasteiger partial charge is 0.572 e. The van der Waals surface area contributed by atoms with Crippen molar-refractivity contribution in [2.75, 3.05) is 0 Å². The summed E-state index contributed by atoms with van der Waals surface area (Å²) >= 11 is 0. The number of carbonyl (C=O) groups excluding carboxylic acids is 3. The highest BCUT2D eigenvalue weighted by molar-refractivity contribution is 6.51. The fourth-order valence-corrected chi connectivity index (χ4v) is 2.94. The minimum absolute atomic E-state index is 0.00194. The van der Waals surface area contributed by atoms with Gasteiger partial charge in [-0.25, -0.2) is 0 Å². The molecule has 0 unspecified atom stereocenters. The monoisotopic (exact) mass is 412 g/mol. The summed E-state index contributed by atoms with van der Waals surface area (Å²) in [6.07, 6.45) is 2.35. The van der Waals surface area contributed by atoms with Gasteiger partial charge in [-0.15, -0.1) is 0 Å². The van der Waals surface area contributed by atoms with Gasteiger partial charge in [-0.3, -0.25) is 4.79 Å². The Morgan fingerprint density at radius 1 is 0.931 bits per heavy atom. The van der Waals surface area contributed by atoms with E-state index in [2.05, 4.69) is 18.0 Å². The molecular weight excluding hydrogens is 394 g/mol. The summed E-state index contributed by atoms with van der Waals surface area (Å²) in [5.41, 5.74) is 0.458. The maximum Gasteiger partial charge on any atom is 0.994 e. The molecule has 2 heterocycles. The fraction of sp³-hybridized carbons (Fsp3) is 0.278. The lowest BCUT2D eigenvalue weighted by Crippen LogP contribution is -2.34. The van der Waals surface area contributed by atoms with Crippen LogP contribution < -0.4 is 0 Å². The minimum Gasteiger partial charge on any atom is -0.572 e. The number of allylic oxidation sites excluding steroid dienone is 4. The molecule has 1 aromatic carbocycles. The van der Waals surface area contributed by atoms with Crippen LogP contribution in [0.25, 0.3) is 0 Å². The van der Waals surface area contributed by atoms with E-state index >= 15 is 0 Å². The van der Waals surface area contributed by atoms with E-state index in [0.717, 1.165) is 0 Å². The second-order valence-electron chi connectivity index (χ2n) is 6.64. The average Bonchev–Trinajstić information content (AvgIpc) is 2.62. The molecule has 0 saturated carbocycles. The van der Waals surface area contributed by atoms with E-state index in [-0.39, 0.29) is 54.6 Å². The molecule has 1 aromatic rings. The number of hydrogen-bond acceptors (Lipinski definition) is 3. The topological polar surface area (TPSA) is 58.1 Å². The zero-order chi connectivity index (χ0) is 21.1. The number of carbonyl (C=O) groups is 1. The van der Waals surface area contributed by atoms with Gasteiger partial charge in [0.05, 0.1) is 35.7 Å². The third kappa shape index (κ3) is 6.07. The summed E-state index contributed by atoms with van der Waals surface area (Å²) in [5.74, 6) is -0.474. The van der Waals surface area contributed by atoms with Gasteiger partial charge >= 0.3 is 14.2 Å². The SMILES string of the molecule is CC1=CC(CCC(=O)CCC2=CC(c3ccccc3)=[O+][B-](F)(F)O2)=[O+][B-](F)(F)O1. The van der Waals surface area contributed by atoms with Crippen LogP contribution in [0.2, 0.25) is 0 Å². The van der Waals surface area contributed by atoms with Gasteiger partial charge in [-0.1, -0.05) is 18.2 Å². The van der Waals surface area contributed by atoms with Crippen molar-refractivity contribution in [1.82, 2.24) is 0 Å². The molecule has 2 aliphatic rings. The van der Waals surface area contributed by atoms with E-state index < -0.39 is 14.2 Å². The number of Topliss-reactive ketones (excluding diaryl/α,β-unsaturated/α-hetero) is 1. The Morgan fingerprint density at radius 2 is 1.59 bits per heavy atom. The third-order valence-corrected chi connectivity index (χ3v) is 4.18. The summed E-state index contributed by atoms with van der Waals surface area (Å²) in [6, 6.07) is 8.33. The lowest BCUT2D eigenvalue weighted by atomic mass is 10.0. The second-order valence-corrected chi connectivity index (χ2v) is 6.64. The summed E-state index contributed by atoms with van der Waals surface area (Å²) in [5, 5.41) is 0. The van der Waals surface area contributed by atoms with Gasteiger partial charge in [0, 0.05) is 19.3 Å². The van der Waals surface area contributed by atoms with Gasteiger partial charge in [0.15, 0.2) is 0 Å². The molecular formula is C18H18B2F4O5. The van der Waals surface area contributed by atoms with Crippen LogP contribution in [0, 0.1) is 0 Å². The molecule has 0 aliphatic carbocycles. The van der Waals surface area contributed by atoms with Gasteiger partial charge in [0.1, 0.15) is 5.78 Å². The molecule has 0 spiro atoms. The quantitative estimate of drug-likeness (QED) is 0.383. The Bertz CT molecular complexity index is 910. The lowest BCUT2D eigenvalue weighted by molar-refractivity contribution is -0.365. The van der Waals surface area contributed by atoms with E-state index in [1.54, 1.807) is 30.3 Å². The Morgan fingerprint density at radius 3 is 2.28 bits per heavy atom. The first-order chi connectivity index (χ1) is 13.6. The molecule has 0 aromatic heterocycles. The highest BCUT2D eigenvalue weighted by Gasteiger charge is 2.53. The molecule has 29 heavy (non-hydrogen) atoms. The van der Waals surface area contributed by atoms with Crippen molar-refractivity contribution in [1.29, 1.82) is 0 Å². The number of ketones is 3. The van der Waals surface area contributed by atoms with E-state index in [1.165, 1.54) is 19.1 Å². The first-order valence-corrected chi connectivity index (χ1v) is 9.07. The third-order valence-electron chi connectivity index (χ3n) is 4.18. The van der Waals surface area contributed by atoms with Crippen molar-refractivity contribution in [2.45, 2.75) is 32.6 Å². The van der Waals surface area contributed by atoms with Gasteiger partial charge in [0.2, 0.25) is 0 Å². The summed E-state index contributed by atoms with van der Waals surface area (Å²) in [6.45, 7) is 1.36. The van der Waals surface area contributed by atoms with Gasteiger partial charge in [-0.05, 0) is 19.1 Å². The highest BCUT2D eigenvalue weighted by atomic mass is 19.3. The average molecular weight is 412 g/mol. The fourth-order valence-electron chi connectivity index (χ4n) is 2.94. The maximum absolute atomic E-state index is 13.8. The predicted octanol–water partition coefficient (Wildman–Crippen LogP) is 4.24. The maximum atomic E-state index is 13.8. The molecule has 3 rings (SSSR count). The molecule has 5 nitrogen and oxygen atoms in total. The molecule has 0 amide bonds. The van der Waals surface area contributed by atoms with Crippen LogP contribution in [0.4, 0.5) is 17.3 Å². The lowest BCUT2D eigenvalue weighted by Gasteiger charge is -2.20. The molecule has 0 atom stereocenters. The first kappa shape index (κ1) is 20.9. The number of rotatable bonds is 7. The summed E-state index contributed by atoms with van der Waals surface area (Å²) in [7, 11) is -8.97. The predicted molar refractivity (Wildman–Crippen MR) is 99.2 cm³/mol. The number of benzene rings is 1. The van der Waals surface area contributed by atoms with Crippen LogP contribution >= 0.6 is 0 Å². The van der Waals surface area contributed by atoms with Gasteiger partial charge in [0.25, 0.3) is 11.6 Å². The van der Waals surface area contributed by atoms with Gasteiger partial charge < -0.3 is 35.3 Å². The molecule has 0 N–H and O–H groups in total. The van der Waals surface area contributed by atoms with Crippen LogP contribution in [-0.2, 0) is 18.4 Å². The molecule has 0 fully saturated rings. The number of halogens is 4. The normalized spacial score (nSPS) is 19.8. The largest absolute Gasteiger partial charge is 0.994 e. The van der Waals surface area contributed by atoms with Crippen molar-refractivity contribution in [3.8, 4) is 0 Å². The van der Waals surface area contributed by atoms with Gasteiger partial charge in [-0.2, -0.15) is 0 Å². The molecule has 0 radical (unpaired) electrons. The van der Waals surface area contributed by atoms with E-state index in [4.69, 9.17) is 0 Å². The van der Waals surface area contributed by atoms with Crippen LogP contribution in [0.5, 0.6) is 0 Å². The zero-order valence-corrected chi connectivity index (χ0v) is 15.6. The summed E-state index contributed by atoms with van der Waals surface area (Å²) < 4.78 is 71.9. The van der Waals surface area contributed by atoms with Crippen LogP contribution in [0.3, 0.4) is 0 Å². The second kappa shape index (κ2) is 8.26. The molecule has 0 bridgehead atoms. The molecule has 154 valence electrons. The molecule has 2 aliphatic heterocycles. The van der Waals surface area contributed by atoms with Crippen LogP contribution in [0.1, 0.15) is 42.5 Å². The number of hydrogen-bond donors (Lipinski definition) is 0. The van der Waals surface area contributed by atoms with Crippen molar-refractivity contribution in [3.63, 3.8) is 0 Å². The minimum atomic E-state index is -4.54. The Labute approximate surface area is 164 Å². The van der Waals surface area contributed by atoms with E-state index in [1.807, 2.05) is 0 Å². The van der Waals surface area contributed by atoms with Crippen molar-refractivity contribution < 1.29 is 40.1 Å². The standard InChI is InChI=1S/C18H18B2F4O5/c1-13-11-16(27-19(21,22)26-13)9-7-15(25)8-10-17-12-18(29-20(23,24)28-17)14-5-3-2-4-6-14/h2-6,11-12H,7-10H2,1H3. The first-order valence-electron chi connectivity index (χ1n) is 9.07. The highest BCUT2D eigenvalue weighted by Crippen LogP contribution is 2.25. The van der Waals surface area contributed by atoms with Crippen LogP contribution in [-0.4, -0.2) is 31.6 Å². The van der Waals surface area contributed by atoms with E-state index in [0.29, 0.717) is 5.56 Å². The molecule has 11 heteroatoms. The summed E-state index contributed by atoms with van der Waals surface area (Å²) in [4.78, 5) is 12.1. The zero-order valence-electron chi connectivity index (χ0n) is 15.6. The molecule has 0 saturated heterocycles.